The molecule has 1 aromatic rings. The van der Waals surface area contributed by atoms with Crippen molar-refractivity contribution in [2.45, 2.75) is 47.0 Å². The maximum Gasteiger partial charge on any atom is 0.244 e. The highest BCUT2D eigenvalue weighted by molar-refractivity contribution is 5.95. The Morgan fingerprint density at radius 3 is 2.08 bits per heavy atom. The van der Waals surface area contributed by atoms with E-state index in [0.717, 1.165) is 17.6 Å². The van der Waals surface area contributed by atoms with Gasteiger partial charge >= 0.3 is 0 Å². The molecule has 0 aliphatic rings. The van der Waals surface area contributed by atoms with Crippen molar-refractivity contribution in [2.24, 2.45) is 5.92 Å². The largest absolute Gasteiger partial charge is 0.356 e. The lowest BCUT2D eigenvalue weighted by atomic mass is 9.92. The minimum Gasteiger partial charge on any atom is -0.356 e. The monoisotopic (exact) mass is 330 g/mol. The molecule has 0 heterocycles. The summed E-state index contributed by atoms with van der Waals surface area (Å²) < 4.78 is 0. The molecule has 0 unspecified atom stereocenters. The average molecular weight is 330 g/mol. The molecule has 0 saturated carbocycles. The molecule has 4 heteroatoms. The Hall–Kier alpha value is -2.10. The number of amides is 2. The maximum absolute atomic E-state index is 12.1. The number of benzene rings is 1. The van der Waals surface area contributed by atoms with Crippen molar-refractivity contribution >= 4 is 17.4 Å². The summed E-state index contributed by atoms with van der Waals surface area (Å²) >= 11 is 0. The first-order valence-electron chi connectivity index (χ1n) is 8.65. The van der Waals surface area contributed by atoms with Crippen LogP contribution in [0.15, 0.2) is 30.3 Å². The van der Waals surface area contributed by atoms with Gasteiger partial charge in [-0.15, -0.1) is 0 Å². The van der Waals surface area contributed by atoms with Gasteiger partial charge in [-0.25, -0.2) is 0 Å². The zero-order valence-electron chi connectivity index (χ0n) is 15.5. The van der Waals surface area contributed by atoms with Crippen LogP contribution in [-0.2, 0) is 9.59 Å². The molecule has 0 aliphatic heterocycles. The molecule has 132 valence electrons. The first-order chi connectivity index (χ1) is 11.3. The van der Waals surface area contributed by atoms with Crippen molar-refractivity contribution in [2.75, 3.05) is 13.1 Å². The van der Waals surface area contributed by atoms with E-state index in [9.17, 15) is 9.59 Å². The Bertz CT molecular complexity index is 572. The Kier molecular flexibility index (Phi) is 8.24. The highest BCUT2D eigenvalue weighted by Crippen LogP contribution is 2.25. The van der Waals surface area contributed by atoms with Crippen LogP contribution >= 0.6 is 0 Å². The molecule has 0 spiro atoms. The normalized spacial score (nSPS) is 11.7. The molecular formula is C20H30N2O2. The minimum absolute atomic E-state index is 0.0480. The van der Waals surface area contributed by atoms with E-state index >= 15 is 0 Å². The SMILES string of the molecule is CC(=O)NCCCNC(=O)/C=C(/c1ccc(C(C)C)cc1)C(C)C. The van der Waals surface area contributed by atoms with Crippen molar-refractivity contribution in [3.8, 4) is 0 Å². The van der Waals surface area contributed by atoms with E-state index < -0.39 is 0 Å². The first-order valence-corrected chi connectivity index (χ1v) is 8.65. The standard InChI is InChI=1S/C20H30N2O2/c1-14(2)17-7-9-18(10-8-17)19(15(3)4)13-20(24)22-12-6-11-21-16(5)23/h7-10,13-15H,6,11-12H2,1-5H3,(H,21,23)(H,22,24)/b19-13+. The van der Waals surface area contributed by atoms with Crippen LogP contribution in [0.4, 0.5) is 0 Å². The van der Waals surface area contributed by atoms with Gasteiger partial charge in [0.15, 0.2) is 0 Å². The van der Waals surface area contributed by atoms with Crippen LogP contribution in [0.2, 0.25) is 0 Å². The molecule has 0 fully saturated rings. The average Bonchev–Trinajstić information content (AvgIpc) is 2.51. The summed E-state index contributed by atoms with van der Waals surface area (Å²) in [6, 6.07) is 8.43. The number of rotatable bonds is 8. The van der Waals surface area contributed by atoms with E-state index in [2.05, 4.69) is 62.6 Å². The van der Waals surface area contributed by atoms with Crippen LogP contribution in [0.5, 0.6) is 0 Å². The topological polar surface area (TPSA) is 58.2 Å². The van der Waals surface area contributed by atoms with Crippen LogP contribution in [0.25, 0.3) is 5.57 Å². The Balaban J connectivity index is 2.67. The van der Waals surface area contributed by atoms with Gasteiger partial charge in [-0.05, 0) is 35.0 Å². The van der Waals surface area contributed by atoms with Crippen LogP contribution in [0, 0.1) is 5.92 Å². The third kappa shape index (κ3) is 6.99. The van der Waals surface area contributed by atoms with Gasteiger partial charge in [-0.2, -0.15) is 0 Å². The highest BCUT2D eigenvalue weighted by atomic mass is 16.2. The van der Waals surface area contributed by atoms with Crippen LogP contribution < -0.4 is 10.6 Å². The molecule has 0 aromatic heterocycles. The first kappa shape index (κ1) is 19.9. The summed E-state index contributed by atoms with van der Waals surface area (Å²) in [7, 11) is 0. The van der Waals surface area contributed by atoms with Gasteiger partial charge in [0, 0.05) is 26.1 Å². The fraction of sp³-hybridized carbons (Fsp3) is 0.500. The number of carbonyl (C=O) groups is 2. The second kappa shape index (κ2) is 9.91. The lowest BCUT2D eigenvalue weighted by Crippen LogP contribution is -2.28. The van der Waals surface area contributed by atoms with E-state index in [1.54, 1.807) is 6.08 Å². The molecule has 2 N–H and O–H groups in total. The van der Waals surface area contributed by atoms with Crippen molar-refractivity contribution in [1.82, 2.24) is 10.6 Å². The van der Waals surface area contributed by atoms with E-state index in [1.807, 2.05) is 0 Å². The number of nitrogens with one attached hydrogen (secondary N) is 2. The van der Waals surface area contributed by atoms with Gasteiger partial charge in [0.1, 0.15) is 0 Å². The zero-order valence-corrected chi connectivity index (χ0v) is 15.5. The van der Waals surface area contributed by atoms with Gasteiger partial charge in [-0.3, -0.25) is 9.59 Å². The van der Waals surface area contributed by atoms with Crippen molar-refractivity contribution < 1.29 is 9.59 Å². The molecule has 0 bridgehead atoms. The second-order valence-electron chi connectivity index (χ2n) is 6.66. The Labute approximate surface area is 145 Å². The molecule has 24 heavy (non-hydrogen) atoms. The van der Waals surface area contributed by atoms with Crippen LogP contribution in [0.3, 0.4) is 0 Å². The zero-order chi connectivity index (χ0) is 18.1. The molecule has 0 saturated heterocycles. The Morgan fingerprint density at radius 2 is 1.58 bits per heavy atom. The number of hydrogen-bond acceptors (Lipinski definition) is 2. The number of hydrogen-bond donors (Lipinski definition) is 2. The molecule has 0 atom stereocenters. The lowest BCUT2D eigenvalue weighted by molar-refractivity contribution is -0.119. The molecule has 0 aliphatic carbocycles. The molecule has 1 rings (SSSR count). The number of carbonyl (C=O) groups excluding carboxylic acids is 2. The van der Waals surface area contributed by atoms with Crippen molar-refractivity contribution in [1.29, 1.82) is 0 Å². The van der Waals surface area contributed by atoms with Crippen molar-refractivity contribution in [3.05, 3.63) is 41.5 Å². The summed E-state index contributed by atoms with van der Waals surface area (Å²) in [5.41, 5.74) is 3.41. The smallest absolute Gasteiger partial charge is 0.244 e. The van der Waals surface area contributed by atoms with E-state index in [4.69, 9.17) is 0 Å². The summed E-state index contributed by atoms with van der Waals surface area (Å²) in [6.45, 7) is 11.1. The predicted molar refractivity (Wildman–Crippen MR) is 99.7 cm³/mol. The van der Waals surface area contributed by atoms with Gasteiger partial charge in [-0.1, -0.05) is 52.0 Å². The fourth-order valence-corrected chi connectivity index (χ4v) is 2.40. The van der Waals surface area contributed by atoms with Gasteiger partial charge in [0.2, 0.25) is 11.8 Å². The molecule has 4 nitrogen and oxygen atoms in total. The predicted octanol–water partition coefficient (Wildman–Crippen LogP) is 3.49. The minimum atomic E-state index is -0.0885. The maximum atomic E-state index is 12.1. The fourth-order valence-electron chi connectivity index (χ4n) is 2.40. The molecule has 0 radical (unpaired) electrons. The summed E-state index contributed by atoms with van der Waals surface area (Å²) in [6.07, 6.45) is 2.41. The molecule has 2 amide bonds. The second-order valence-corrected chi connectivity index (χ2v) is 6.66. The summed E-state index contributed by atoms with van der Waals surface area (Å²) in [5, 5.41) is 5.59. The van der Waals surface area contributed by atoms with E-state index in [1.165, 1.54) is 12.5 Å². The number of allylic oxidation sites excluding steroid dienone is 1. The van der Waals surface area contributed by atoms with E-state index in [-0.39, 0.29) is 17.7 Å². The Morgan fingerprint density at radius 1 is 1.00 bits per heavy atom. The molecular weight excluding hydrogens is 300 g/mol. The van der Waals surface area contributed by atoms with Gasteiger partial charge in [0.25, 0.3) is 0 Å². The summed E-state index contributed by atoms with van der Waals surface area (Å²) in [4.78, 5) is 22.9. The third-order valence-corrected chi connectivity index (χ3v) is 3.85. The van der Waals surface area contributed by atoms with Crippen LogP contribution in [-0.4, -0.2) is 24.9 Å². The lowest BCUT2D eigenvalue weighted by Gasteiger charge is -2.14. The molecule has 1 aromatic carbocycles. The summed E-state index contributed by atoms with van der Waals surface area (Å²) in [5.74, 6) is 0.625. The van der Waals surface area contributed by atoms with Gasteiger partial charge in [0.05, 0.1) is 0 Å². The van der Waals surface area contributed by atoms with Gasteiger partial charge < -0.3 is 10.6 Å². The quantitative estimate of drug-likeness (QED) is 0.566. The van der Waals surface area contributed by atoms with Crippen LogP contribution in [0.1, 0.15) is 58.1 Å². The highest BCUT2D eigenvalue weighted by Gasteiger charge is 2.10. The van der Waals surface area contributed by atoms with Crippen molar-refractivity contribution in [3.63, 3.8) is 0 Å². The third-order valence-electron chi connectivity index (χ3n) is 3.85. The van der Waals surface area contributed by atoms with E-state index in [0.29, 0.717) is 19.0 Å².